The lowest BCUT2D eigenvalue weighted by molar-refractivity contribution is -0.113. The molecule has 1 amide bonds. The highest BCUT2D eigenvalue weighted by molar-refractivity contribution is 8.00. The molecule has 2 heterocycles. The largest absolute Gasteiger partial charge is 0.497 e. The summed E-state index contributed by atoms with van der Waals surface area (Å²) in [5, 5.41) is 7.64. The molecule has 0 spiro atoms. The molecule has 1 unspecified atom stereocenters. The highest BCUT2D eigenvalue weighted by Crippen LogP contribution is 2.47. The Balaban J connectivity index is 1.88. The number of hydrogen-bond donors (Lipinski definition) is 1. The molecule has 0 radical (unpaired) electrons. The number of aryl methyl sites for hydroxylation is 1. The van der Waals surface area contributed by atoms with Crippen LogP contribution in [-0.4, -0.2) is 42.8 Å². The minimum Gasteiger partial charge on any atom is -0.497 e. The van der Waals surface area contributed by atoms with Crippen LogP contribution in [0.5, 0.6) is 17.2 Å². The van der Waals surface area contributed by atoms with Crippen molar-refractivity contribution in [2.45, 2.75) is 12.2 Å². The smallest absolute Gasteiger partial charge is 0.235 e. The number of rotatable bonds is 5. The van der Waals surface area contributed by atoms with Crippen molar-refractivity contribution in [2.24, 2.45) is 0 Å². The summed E-state index contributed by atoms with van der Waals surface area (Å²) in [7, 11) is 4.91. The molecule has 1 N–H and O–H groups in total. The molecule has 3 aromatic rings. The maximum Gasteiger partial charge on any atom is 0.235 e. The molecular weight excluding hydrogens is 402 g/mol. The van der Waals surface area contributed by atoms with Gasteiger partial charge in [-0.1, -0.05) is 0 Å². The number of amides is 1. The van der Waals surface area contributed by atoms with E-state index < -0.39 is 0 Å². The van der Waals surface area contributed by atoms with Crippen LogP contribution < -0.4 is 19.5 Å². The summed E-state index contributed by atoms with van der Waals surface area (Å²) < 4.78 is 18.1. The first-order chi connectivity index (χ1) is 14.5. The molecule has 30 heavy (non-hydrogen) atoms. The molecule has 0 fully saturated rings. The van der Waals surface area contributed by atoms with Crippen LogP contribution in [-0.2, 0) is 4.79 Å². The molecule has 0 aliphatic carbocycles. The Hall–Kier alpha value is -3.13. The number of fused-ring (bicyclic) bond motifs is 1. The van der Waals surface area contributed by atoms with Gasteiger partial charge in [0.05, 0.1) is 43.7 Å². The lowest BCUT2D eigenvalue weighted by Crippen LogP contribution is -2.15. The predicted octanol–water partition coefficient (Wildman–Crippen LogP) is 3.98. The fraction of sp³-hybridized carbons (Fsp3) is 0.273. The Morgan fingerprint density at radius 2 is 1.73 bits per heavy atom. The van der Waals surface area contributed by atoms with E-state index in [2.05, 4.69) is 5.32 Å². The van der Waals surface area contributed by atoms with E-state index in [4.69, 9.17) is 19.3 Å². The number of hydrogen-bond acceptors (Lipinski definition) is 6. The van der Waals surface area contributed by atoms with Crippen molar-refractivity contribution in [3.05, 3.63) is 59.3 Å². The van der Waals surface area contributed by atoms with E-state index in [0.717, 1.165) is 39.8 Å². The van der Waals surface area contributed by atoms with Crippen molar-refractivity contribution >= 4 is 23.5 Å². The Labute approximate surface area is 179 Å². The summed E-state index contributed by atoms with van der Waals surface area (Å²) in [6.07, 6.45) is 0. The molecule has 1 aliphatic rings. The second kappa shape index (κ2) is 8.31. The molecule has 0 saturated heterocycles. The van der Waals surface area contributed by atoms with Gasteiger partial charge in [0.2, 0.25) is 5.91 Å². The second-order valence-electron chi connectivity index (χ2n) is 6.80. The normalized spacial score (nSPS) is 15.7. The first-order valence-electron chi connectivity index (χ1n) is 9.43. The zero-order valence-electron chi connectivity index (χ0n) is 17.3. The number of aromatic nitrogens is 2. The van der Waals surface area contributed by atoms with E-state index in [1.54, 1.807) is 37.8 Å². The Bertz CT molecular complexity index is 1080. The molecule has 4 rings (SSSR count). The fourth-order valence-electron chi connectivity index (χ4n) is 3.58. The first-order valence-corrected chi connectivity index (χ1v) is 10.5. The summed E-state index contributed by atoms with van der Waals surface area (Å²) in [6, 6.07) is 13.3. The van der Waals surface area contributed by atoms with Gasteiger partial charge in [0.1, 0.15) is 23.1 Å². The van der Waals surface area contributed by atoms with E-state index in [9.17, 15) is 4.79 Å². The number of anilines is 1. The molecule has 0 saturated carbocycles. The summed E-state index contributed by atoms with van der Waals surface area (Å²) in [5.74, 6) is 3.15. The van der Waals surface area contributed by atoms with Crippen LogP contribution in [0.25, 0.3) is 5.69 Å². The number of thioether (sulfide) groups is 1. The number of nitrogens with zero attached hydrogens (tertiary/aromatic N) is 2. The van der Waals surface area contributed by atoms with Gasteiger partial charge in [-0.15, -0.1) is 11.8 Å². The van der Waals surface area contributed by atoms with Gasteiger partial charge in [0.25, 0.3) is 0 Å². The summed E-state index contributed by atoms with van der Waals surface area (Å²) >= 11 is 1.54. The second-order valence-corrected chi connectivity index (χ2v) is 7.90. The van der Waals surface area contributed by atoms with Crippen LogP contribution >= 0.6 is 11.8 Å². The lowest BCUT2D eigenvalue weighted by Gasteiger charge is -2.19. The minimum atomic E-state index is -0.143. The highest BCUT2D eigenvalue weighted by atomic mass is 32.2. The average molecular weight is 426 g/mol. The molecule has 7 nitrogen and oxygen atoms in total. The standard InChI is InChI=1S/C22H23N3O4S/c1-13-20-21(17-11-16(28-3)9-10-18(17)29-4)30-12-19(26)23-22(20)25(24-13)14-5-7-15(27-2)8-6-14/h5-11,21H,12H2,1-4H3,(H,23,26). The van der Waals surface area contributed by atoms with Gasteiger partial charge in [0.15, 0.2) is 0 Å². The molecule has 1 aromatic heterocycles. The minimum absolute atomic E-state index is 0.0692. The maximum absolute atomic E-state index is 12.5. The molecule has 8 heteroatoms. The van der Waals surface area contributed by atoms with Crippen molar-refractivity contribution in [2.75, 3.05) is 32.4 Å². The van der Waals surface area contributed by atoms with Gasteiger partial charge >= 0.3 is 0 Å². The molecule has 156 valence electrons. The van der Waals surface area contributed by atoms with Crippen LogP contribution in [0.2, 0.25) is 0 Å². The quantitative estimate of drug-likeness (QED) is 0.667. The third-order valence-electron chi connectivity index (χ3n) is 5.04. The third-order valence-corrected chi connectivity index (χ3v) is 6.30. The Morgan fingerprint density at radius 1 is 1.03 bits per heavy atom. The van der Waals surface area contributed by atoms with E-state index in [1.807, 2.05) is 49.4 Å². The van der Waals surface area contributed by atoms with Crippen LogP contribution in [0.15, 0.2) is 42.5 Å². The van der Waals surface area contributed by atoms with Crippen LogP contribution in [0.3, 0.4) is 0 Å². The zero-order valence-corrected chi connectivity index (χ0v) is 18.1. The van der Waals surface area contributed by atoms with Crippen molar-refractivity contribution in [1.82, 2.24) is 9.78 Å². The highest BCUT2D eigenvalue weighted by Gasteiger charge is 2.32. The molecule has 2 aromatic carbocycles. The number of ether oxygens (including phenoxy) is 3. The number of carbonyl (C=O) groups is 1. The number of nitrogens with one attached hydrogen (secondary N) is 1. The van der Waals surface area contributed by atoms with Crippen LogP contribution in [0.1, 0.15) is 22.1 Å². The van der Waals surface area contributed by atoms with Crippen LogP contribution in [0, 0.1) is 6.92 Å². The average Bonchev–Trinajstić information content (AvgIpc) is 2.98. The van der Waals surface area contributed by atoms with Crippen molar-refractivity contribution in [3.8, 4) is 22.9 Å². The van der Waals surface area contributed by atoms with Gasteiger partial charge in [-0.2, -0.15) is 5.10 Å². The third kappa shape index (κ3) is 3.59. The van der Waals surface area contributed by atoms with Crippen molar-refractivity contribution < 1.29 is 19.0 Å². The van der Waals surface area contributed by atoms with E-state index >= 15 is 0 Å². The Morgan fingerprint density at radius 3 is 2.40 bits per heavy atom. The first kappa shape index (κ1) is 20.2. The predicted molar refractivity (Wildman–Crippen MR) is 117 cm³/mol. The maximum atomic E-state index is 12.5. The van der Waals surface area contributed by atoms with Gasteiger partial charge in [-0.05, 0) is 49.4 Å². The number of carbonyl (C=O) groups excluding carboxylic acids is 1. The fourth-order valence-corrected chi connectivity index (χ4v) is 4.79. The van der Waals surface area contributed by atoms with Gasteiger partial charge in [-0.25, -0.2) is 4.68 Å². The van der Waals surface area contributed by atoms with Gasteiger partial charge < -0.3 is 19.5 Å². The van der Waals surface area contributed by atoms with Gasteiger partial charge in [0, 0.05) is 11.1 Å². The molecule has 0 bridgehead atoms. The zero-order chi connectivity index (χ0) is 21.3. The van der Waals surface area contributed by atoms with E-state index in [1.165, 1.54) is 0 Å². The van der Waals surface area contributed by atoms with E-state index in [-0.39, 0.29) is 11.2 Å². The monoisotopic (exact) mass is 425 g/mol. The summed E-state index contributed by atoms with van der Waals surface area (Å²) in [4.78, 5) is 12.5. The SMILES string of the molecule is COc1ccc(-n2nc(C)c3c2NC(=O)CSC3c2cc(OC)ccc2OC)cc1. The number of methoxy groups -OCH3 is 3. The molecule has 1 atom stereocenters. The van der Waals surface area contributed by atoms with Crippen molar-refractivity contribution in [1.29, 1.82) is 0 Å². The van der Waals surface area contributed by atoms with Gasteiger partial charge in [-0.3, -0.25) is 4.79 Å². The lowest BCUT2D eigenvalue weighted by atomic mass is 10.0. The van der Waals surface area contributed by atoms with Crippen LogP contribution in [0.4, 0.5) is 5.82 Å². The topological polar surface area (TPSA) is 74.6 Å². The summed E-state index contributed by atoms with van der Waals surface area (Å²) in [6.45, 7) is 1.95. The molecule has 1 aliphatic heterocycles. The Kier molecular flexibility index (Phi) is 5.59. The van der Waals surface area contributed by atoms with E-state index in [0.29, 0.717) is 11.6 Å². The molecular formula is C22H23N3O4S. The summed E-state index contributed by atoms with van der Waals surface area (Å²) in [5.41, 5.74) is 3.57. The van der Waals surface area contributed by atoms with Crippen molar-refractivity contribution in [3.63, 3.8) is 0 Å². The number of benzene rings is 2.